The lowest BCUT2D eigenvalue weighted by molar-refractivity contribution is -0.930. The normalized spacial score (nSPS) is 13.4. The molecular formula is C19H39NO6P+. The predicted molar refractivity (Wildman–Crippen MR) is 107 cm³/mol. The number of phosphoric ester groups is 1. The van der Waals surface area contributed by atoms with E-state index >= 15 is 0 Å². The molecule has 1 atom stereocenters. The van der Waals surface area contributed by atoms with Gasteiger partial charge in [-0.15, -0.1) is 0 Å². The van der Waals surface area contributed by atoms with Gasteiger partial charge in [-0.1, -0.05) is 33.8 Å². The molecule has 0 saturated carbocycles. The Hall–Kier alpha value is -0.720. The summed E-state index contributed by atoms with van der Waals surface area (Å²) < 4.78 is 22.4. The quantitative estimate of drug-likeness (QED) is 0.125. The predicted octanol–water partition coefficient (Wildman–Crippen LogP) is 3.80. The van der Waals surface area contributed by atoms with Crippen molar-refractivity contribution in [3.8, 4) is 0 Å². The van der Waals surface area contributed by atoms with Gasteiger partial charge in [0.05, 0.1) is 26.2 Å². The molecule has 0 bridgehead atoms. The van der Waals surface area contributed by atoms with E-state index in [0.717, 1.165) is 62.3 Å². The maximum atomic E-state index is 11.4. The summed E-state index contributed by atoms with van der Waals surface area (Å²) in [5.41, 5.74) is 0. The van der Waals surface area contributed by atoms with Gasteiger partial charge in [0.15, 0.2) is 0 Å². The zero-order chi connectivity index (χ0) is 20.8. The first-order chi connectivity index (χ1) is 12.7. The van der Waals surface area contributed by atoms with E-state index in [1.165, 1.54) is 0 Å². The van der Waals surface area contributed by atoms with Crippen molar-refractivity contribution < 1.29 is 32.9 Å². The fourth-order valence-electron chi connectivity index (χ4n) is 3.72. The van der Waals surface area contributed by atoms with Crippen LogP contribution >= 0.6 is 7.82 Å². The Morgan fingerprint density at radius 2 is 1.63 bits per heavy atom. The number of hydrogen-bond donors (Lipinski definition) is 2. The highest BCUT2D eigenvalue weighted by atomic mass is 31.2. The van der Waals surface area contributed by atoms with E-state index in [9.17, 15) is 19.1 Å². The van der Waals surface area contributed by atoms with Gasteiger partial charge in [0.2, 0.25) is 0 Å². The molecule has 0 heterocycles. The van der Waals surface area contributed by atoms with Gasteiger partial charge >= 0.3 is 13.8 Å². The molecule has 27 heavy (non-hydrogen) atoms. The monoisotopic (exact) mass is 408 g/mol. The van der Waals surface area contributed by atoms with Crippen LogP contribution in [0.5, 0.6) is 0 Å². The van der Waals surface area contributed by atoms with Gasteiger partial charge in [-0.05, 0) is 38.5 Å². The maximum Gasteiger partial charge on any atom is 0.470 e. The molecule has 0 rings (SSSR count). The largest absolute Gasteiger partial charge is 0.470 e. The van der Waals surface area contributed by atoms with Crippen molar-refractivity contribution in [3.05, 3.63) is 12.7 Å². The van der Waals surface area contributed by atoms with Gasteiger partial charge in [0.25, 0.3) is 0 Å². The van der Waals surface area contributed by atoms with Crippen LogP contribution in [0.4, 0.5) is 0 Å². The fourth-order valence-corrected chi connectivity index (χ4v) is 4.28. The van der Waals surface area contributed by atoms with Crippen LogP contribution in [0.15, 0.2) is 12.7 Å². The summed E-state index contributed by atoms with van der Waals surface area (Å²) in [6.07, 6.45) is 6.59. The second-order valence-electron chi connectivity index (χ2n) is 7.13. The molecule has 0 spiro atoms. The maximum absolute atomic E-state index is 11.4. The molecule has 0 radical (unpaired) electrons. The van der Waals surface area contributed by atoms with E-state index in [1.54, 1.807) is 0 Å². The third-order valence-corrected chi connectivity index (χ3v) is 5.13. The van der Waals surface area contributed by atoms with Crippen LogP contribution in [0, 0.1) is 0 Å². The van der Waals surface area contributed by atoms with Crippen molar-refractivity contribution in [1.29, 1.82) is 0 Å². The third kappa shape index (κ3) is 13.1. The summed E-state index contributed by atoms with van der Waals surface area (Å²) >= 11 is 0. The van der Waals surface area contributed by atoms with Crippen LogP contribution in [0.2, 0.25) is 0 Å². The summed E-state index contributed by atoms with van der Waals surface area (Å²) in [7, 11) is -4.53. The van der Waals surface area contributed by atoms with E-state index in [4.69, 9.17) is 9.26 Å². The number of carbonyl (C=O) groups excluding carboxylic acids is 1. The highest BCUT2D eigenvalue weighted by Crippen LogP contribution is 2.39. The minimum absolute atomic E-state index is 0.330. The highest BCUT2D eigenvalue weighted by molar-refractivity contribution is 7.46. The second-order valence-corrected chi connectivity index (χ2v) is 8.33. The molecule has 0 aliphatic carbocycles. The SMILES string of the molecule is C=CC(=O)OCCCCCC(C[N+](CCC)(CCC)CCC)OP(=O)(O)O. The van der Waals surface area contributed by atoms with Crippen LogP contribution in [0.1, 0.15) is 65.7 Å². The van der Waals surface area contributed by atoms with Crippen molar-refractivity contribution >= 4 is 13.8 Å². The minimum Gasteiger partial charge on any atom is -0.463 e. The van der Waals surface area contributed by atoms with Crippen molar-refractivity contribution in [3.63, 3.8) is 0 Å². The van der Waals surface area contributed by atoms with Crippen LogP contribution < -0.4 is 0 Å². The molecule has 0 amide bonds. The van der Waals surface area contributed by atoms with Gasteiger partial charge < -0.3 is 19.0 Å². The molecule has 0 saturated heterocycles. The molecule has 0 aromatic heterocycles. The number of carbonyl (C=O) groups is 1. The van der Waals surface area contributed by atoms with E-state index < -0.39 is 19.9 Å². The first kappa shape index (κ1) is 26.3. The van der Waals surface area contributed by atoms with Crippen LogP contribution in [-0.2, 0) is 18.6 Å². The Bertz CT molecular complexity index is 448. The highest BCUT2D eigenvalue weighted by Gasteiger charge is 2.32. The van der Waals surface area contributed by atoms with E-state index in [2.05, 4.69) is 27.4 Å². The summed E-state index contributed by atoms with van der Waals surface area (Å²) in [5.74, 6) is -0.432. The van der Waals surface area contributed by atoms with E-state index in [0.29, 0.717) is 26.0 Å². The van der Waals surface area contributed by atoms with Gasteiger partial charge in [0.1, 0.15) is 12.6 Å². The Balaban J connectivity index is 4.78. The Morgan fingerprint density at radius 1 is 1.07 bits per heavy atom. The topological polar surface area (TPSA) is 93.1 Å². The number of nitrogens with zero attached hydrogens (tertiary/aromatic N) is 1. The number of phosphoric acid groups is 1. The Kier molecular flexibility index (Phi) is 13.9. The lowest BCUT2D eigenvalue weighted by Crippen LogP contribution is -2.54. The molecule has 1 unspecified atom stereocenters. The first-order valence-electron chi connectivity index (χ1n) is 10.1. The van der Waals surface area contributed by atoms with E-state index in [1.807, 2.05) is 0 Å². The van der Waals surface area contributed by atoms with Crippen molar-refractivity contribution in [2.75, 3.05) is 32.8 Å². The Labute approximate surface area is 164 Å². The molecule has 0 aliphatic rings. The number of esters is 1. The summed E-state index contributed by atoms with van der Waals surface area (Å²) in [6, 6.07) is 0. The summed E-state index contributed by atoms with van der Waals surface area (Å²) in [4.78, 5) is 29.6. The number of unbranched alkanes of at least 4 members (excludes halogenated alkanes) is 2. The Morgan fingerprint density at radius 3 is 2.07 bits per heavy atom. The van der Waals surface area contributed by atoms with Gasteiger partial charge in [0, 0.05) is 6.08 Å². The van der Waals surface area contributed by atoms with E-state index in [-0.39, 0.29) is 0 Å². The first-order valence-corrected chi connectivity index (χ1v) is 11.6. The average molecular weight is 408 g/mol. The molecule has 0 fully saturated rings. The number of rotatable bonds is 17. The van der Waals surface area contributed by atoms with Crippen molar-refractivity contribution in [2.45, 2.75) is 71.8 Å². The summed E-state index contributed by atoms with van der Waals surface area (Å²) in [5, 5.41) is 0. The molecular weight excluding hydrogens is 369 g/mol. The second kappa shape index (κ2) is 14.3. The zero-order valence-electron chi connectivity index (χ0n) is 17.3. The molecule has 2 N–H and O–H groups in total. The zero-order valence-corrected chi connectivity index (χ0v) is 18.2. The number of ether oxygens (including phenoxy) is 1. The molecule has 0 aromatic carbocycles. The lowest BCUT2D eigenvalue weighted by atomic mass is 10.1. The number of hydrogen-bond acceptors (Lipinski definition) is 4. The molecule has 0 aromatic rings. The minimum atomic E-state index is -4.53. The molecule has 0 aliphatic heterocycles. The van der Waals surface area contributed by atoms with Crippen LogP contribution in [0.3, 0.4) is 0 Å². The average Bonchev–Trinajstić information content (AvgIpc) is 2.56. The van der Waals surface area contributed by atoms with Crippen molar-refractivity contribution in [1.82, 2.24) is 0 Å². The van der Waals surface area contributed by atoms with Gasteiger partial charge in [-0.25, -0.2) is 9.36 Å². The molecule has 8 heteroatoms. The standard InChI is InChI=1S/C19H38NO6P/c1-5-13-20(14-6-2,15-7-3)17-18(26-27(22,23)24)12-10-9-11-16-25-19(21)8-4/h8,18H,4-7,9-17H2,1-3H3,(H-,22,23,24)/p+1. The lowest BCUT2D eigenvalue weighted by Gasteiger charge is -2.40. The van der Waals surface area contributed by atoms with Crippen LogP contribution in [-0.4, -0.2) is 59.1 Å². The third-order valence-electron chi connectivity index (χ3n) is 4.55. The van der Waals surface area contributed by atoms with Crippen LogP contribution in [0.25, 0.3) is 0 Å². The van der Waals surface area contributed by atoms with Gasteiger partial charge in [-0.2, -0.15) is 0 Å². The molecule has 160 valence electrons. The van der Waals surface area contributed by atoms with Crippen molar-refractivity contribution in [2.24, 2.45) is 0 Å². The smallest absolute Gasteiger partial charge is 0.463 e. The fraction of sp³-hybridized carbons (Fsp3) is 0.842. The molecule has 7 nitrogen and oxygen atoms in total. The summed E-state index contributed by atoms with van der Waals surface area (Å²) in [6.45, 7) is 13.7. The van der Waals surface area contributed by atoms with Gasteiger partial charge in [-0.3, -0.25) is 4.52 Å². The number of quaternary nitrogens is 1.